The van der Waals surface area contributed by atoms with E-state index < -0.39 is 0 Å². The van der Waals surface area contributed by atoms with E-state index in [-0.39, 0.29) is 5.41 Å². The third-order valence-electron chi connectivity index (χ3n) is 3.91. The third-order valence-corrected chi connectivity index (χ3v) is 3.91. The van der Waals surface area contributed by atoms with Crippen molar-refractivity contribution < 1.29 is 4.42 Å². The molecule has 0 unspecified atom stereocenters. The van der Waals surface area contributed by atoms with E-state index in [9.17, 15) is 0 Å². The van der Waals surface area contributed by atoms with E-state index in [4.69, 9.17) is 4.42 Å². The zero-order chi connectivity index (χ0) is 14.6. The number of hydrogen-bond donors (Lipinski definition) is 1. The molecule has 0 atom stereocenters. The fourth-order valence-corrected chi connectivity index (χ4v) is 1.72. The maximum Gasteiger partial charge on any atom is 0.247 e. The lowest BCUT2D eigenvalue weighted by Crippen LogP contribution is -2.33. The summed E-state index contributed by atoms with van der Waals surface area (Å²) in [6, 6.07) is 9.82. The van der Waals surface area contributed by atoms with Crippen molar-refractivity contribution >= 4 is 0 Å². The Hall–Kier alpha value is -1.68. The maximum atomic E-state index is 5.66. The molecule has 0 amide bonds. The molecule has 0 bridgehead atoms. The lowest BCUT2D eigenvalue weighted by atomic mass is 9.81. The Morgan fingerprint density at radius 1 is 1.15 bits per heavy atom. The molecular weight excluding hydrogens is 250 g/mol. The van der Waals surface area contributed by atoms with Crippen molar-refractivity contribution in [1.29, 1.82) is 0 Å². The monoisotopic (exact) mass is 273 g/mol. The van der Waals surface area contributed by atoms with Crippen LogP contribution in [0.1, 0.15) is 33.6 Å². The molecule has 1 aromatic heterocycles. The summed E-state index contributed by atoms with van der Waals surface area (Å²) in [6.07, 6.45) is 0. The van der Waals surface area contributed by atoms with Gasteiger partial charge in [0.05, 0.1) is 6.54 Å². The van der Waals surface area contributed by atoms with Gasteiger partial charge in [0.1, 0.15) is 0 Å². The predicted octanol–water partition coefficient (Wildman–Crippen LogP) is 3.51. The molecule has 0 spiro atoms. The first-order chi connectivity index (χ1) is 9.49. The fraction of sp³-hybridized carbons (Fsp3) is 0.500. The molecule has 0 fully saturated rings. The highest BCUT2D eigenvalue weighted by molar-refractivity contribution is 5.51. The number of nitrogens with zero attached hydrogens (tertiary/aromatic N) is 2. The molecule has 1 heterocycles. The molecule has 2 aromatic rings. The van der Waals surface area contributed by atoms with Gasteiger partial charge in [0, 0.05) is 12.1 Å². The van der Waals surface area contributed by atoms with E-state index in [1.807, 2.05) is 30.3 Å². The zero-order valence-electron chi connectivity index (χ0n) is 12.7. The second-order valence-electron chi connectivity index (χ2n) is 6.11. The highest BCUT2D eigenvalue weighted by atomic mass is 16.4. The minimum Gasteiger partial charge on any atom is -0.419 e. The van der Waals surface area contributed by atoms with Crippen LogP contribution in [0.3, 0.4) is 0 Å². The first-order valence-corrected chi connectivity index (χ1v) is 7.07. The molecule has 0 saturated carbocycles. The Morgan fingerprint density at radius 3 is 2.50 bits per heavy atom. The smallest absolute Gasteiger partial charge is 0.247 e. The van der Waals surface area contributed by atoms with Crippen molar-refractivity contribution in [2.24, 2.45) is 11.3 Å². The molecule has 108 valence electrons. The van der Waals surface area contributed by atoms with Gasteiger partial charge in [0.25, 0.3) is 0 Å². The van der Waals surface area contributed by atoms with Gasteiger partial charge in [-0.3, -0.25) is 0 Å². The summed E-state index contributed by atoms with van der Waals surface area (Å²) in [5, 5.41) is 11.5. The minimum atomic E-state index is 0.252. The Labute approximate surface area is 120 Å². The van der Waals surface area contributed by atoms with E-state index in [0.717, 1.165) is 12.1 Å². The molecule has 4 heteroatoms. The molecule has 4 nitrogen and oxygen atoms in total. The van der Waals surface area contributed by atoms with Gasteiger partial charge in [-0.05, 0) is 23.5 Å². The topological polar surface area (TPSA) is 51.0 Å². The van der Waals surface area contributed by atoms with Gasteiger partial charge in [-0.25, -0.2) is 0 Å². The van der Waals surface area contributed by atoms with E-state index >= 15 is 0 Å². The summed E-state index contributed by atoms with van der Waals surface area (Å²) in [5.74, 6) is 1.83. The highest BCUT2D eigenvalue weighted by Gasteiger charge is 2.21. The van der Waals surface area contributed by atoms with Crippen molar-refractivity contribution in [2.75, 3.05) is 6.54 Å². The fourth-order valence-electron chi connectivity index (χ4n) is 1.72. The number of aromatic nitrogens is 2. The molecule has 0 aliphatic carbocycles. The van der Waals surface area contributed by atoms with Gasteiger partial charge < -0.3 is 9.73 Å². The van der Waals surface area contributed by atoms with Gasteiger partial charge in [0.2, 0.25) is 11.8 Å². The standard InChI is InChI=1S/C16H23N3O/c1-12(2)16(3,4)11-17-10-14-18-19-15(20-14)13-8-6-5-7-9-13/h5-9,12,17H,10-11H2,1-4H3. The zero-order valence-corrected chi connectivity index (χ0v) is 12.7. The second kappa shape index (κ2) is 6.18. The average molecular weight is 273 g/mol. The molecule has 0 saturated heterocycles. The summed E-state index contributed by atoms with van der Waals surface area (Å²) < 4.78 is 5.66. The van der Waals surface area contributed by atoms with Gasteiger partial charge in [-0.15, -0.1) is 10.2 Å². The molecular formula is C16H23N3O. The minimum absolute atomic E-state index is 0.252. The maximum absolute atomic E-state index is 5.66. The summed E-state index contributed by atoms with van der Waals surface area (Å²) in [4.78, 5) is 0. The first kappa shape index (κ1) is 14.7. The van der Waals surface area contributed by atoms with Crippen LogP contribution < -0.4 is 5.32 Å². The van der Waals surface area contributed by atoms with E-state index in [0.29, 0.717) is 24.2 Å². The van der Waals surface area contributed by atoms with Crippen LogP contribution in [0.5, 0.6) is 0 Å². The lowest BCUT2D eigenvalue weighted by Gasteiger charge is -2.29. The number of rotatable bonds is 6. The van der Waals surface area contributed by atoms with Crippen molar-refractivity contribution in [3.8, 4) is 11.5 Å². The summed E-state index contributed by atoms with van der Waals surface area (Å²) >= 11 is 0. The van der Waals surface area contributed by atoms with Crippen LogP contribution in [-0.4, -0.2) is 16.7 Å². The van der Waals surface area contributed by atoms with Crippen molar-refractivity contribution in [3.05, 3.63) is 36.2 Å². The Balaban J connectivity index is 1.91. The van der Waals surface area contributed by atoms with Crippen molar-refractivity contribution in [2.45, 2.75) is 34.2 Å². The van der Waals surface area contributed by atoms with Crippen molar-refractivity contribution in [3.63, 3.8) is 0 Å². The quantitative estimate of drug-likeness (QED) is 0.875. The number of benzene rings is 1. The average Bonchev–Trinajstić information content (AvgIpc) is 2.88. The third kappa shape index (κ3) is 3.67. The van der Waals surface area contributed by atoms with Crippen molar-refractivity contribution in [1.82, 2.24) is 15.5 Å². The molecule has 0 aliphatic rings. The van der Waals surface area contributed by atoms with E-state index in [2.05, 4.69) is 43.2 Å². The van der Waals surface area contributed by atoms with Crippen LogP contribution in [0.2, 0.25) is 0 Å². The molecule has 1 aromatic carbocycles. The first-order valence-electron chi connectivity index (χ1n) is 7.07. The van der Waals surface area contributed by atoms with Gasteiger partial charge in [-0.1, -0.05) is 45.9 Å². The second-order valence-corrected chi connectivity index (χ2v) is 6.11. The van der Waals surface area contributed by atoms with Crippen LogP contribution in [0.15, 0.2) is 34.7 Å². The number of hydrogen-bond acceptors (Lipinski definition) is 4. The van der Waals surface area contributed by atoms with Crippen LogP contribution >= 0.6 is 0 Å². The van der Waals surface area contributed by atoms with Crippen LogP contribution in [0, 0.1) is 11.3 Å². The van der Waals surface area contributed by atoms with Gasteiger partial charge in [-0.2, -0.15) is 0 Å². The predicted molar refractivity (Wildman–Crippen MR) is 80.1 cm³/mol. The summed E-state index contributed by atoms with van der Waals surface area (Å²) in [5.41, 5.74) is 1.20. The molecule has 0 aliphatic heterocycles. The Morgan fingerprint density at radius 2 is 1.85 bits per heavy atom. The van der Waals surface area contributed by atoms with E-state index in [1.165, 1.54) is 0 Å². The van der Waals surface area contributed by atoms with Crippen LogP contribution in [0.4, 0.5) is 0 Å². The largest absolute Gasteiger partial charge is 0.419 e. The van der Waals surface area contributed by atoms with E-state index in [1.54, 1.807) is 0 Å². The normalized spacial score (nSPS) is 12.1. The molecule has 2 rings (SSSR count). The number of nitrogens with one attached hydrogen (secondary N) is 1. The molecule has 0 radical (unpaired) electrons. The SMILES string of the molecule is CC(C)C(C)(C)CNCc1nnc(-c2ccccc2)o1. The lowest BCUT2D eigenvalue weighted by molar-refractivity contribution is 0.235. The molecule has 20 heavy (non-hydrogen) atoms. The van der Waals surface area contributed by atoms with Gasteiger partial charge in [0.15, 0.2) is 0 Å². The van der Waals surface area contributed by atoms with Crippen LogP contribution in [-0.2, 0) is 6.54 Å². The summed E-state index contributed by atoms with van der Waals surface area (Å²) in [6.45, 7) is 10.5. The molecule has 1 N–H and O–H groups in total. The Bertz CT molecular complexity index is 532. The highest BCUT2D eigenvalue weighted by Crippen LogP contribution is 2.24. The Kier molecular flexibility index (Phi) is 4.55. The summed E-state index contributed by atoms with van der Waals surface area (Å²) in [7, 11) is 0. The van der Waals surface area contributed by atoms with Crippen LogP contribution in [0.25, 0.3) is 11.5 Å². The van der Waals surface area contributed by atoms with Gasteiger partial charge >= 0.3 is 0 Å².